The van der Waals surface area contributed by atoms with Crippen LogP contribution in [0.2, 0.25) is 0 Å². The van der Waals surface area contributed by atoms with Gasteiger partial charge in [-0.2, -0.15) is 0 Å². The highest BCUT2D eigenvalue weighted by Crippen LogP contribution is 2.35. The van der Waals surface area contributed by atoms with Crippen LogP contribution in [0, 0.1) is 11.7 Å². The van der Waals surface area contributed by atoms with Gasteiger partial charge in [-0.05, 0) is 55.7 Å². The Balaban J connectivity index is 1.72. The molecule has 1 aliphatic carbocycles. The smallest absolute Gasteiger partial charge is 0.230 e. The maximum Gasteiger partial charge on any atom is 0.230 e. The first-order chi connectivity index (χ1) is 11.6. The van der Waals surface area contributed by atoms with Crippen LogP contribution in [-0.2, 0) is 14.9 Å². The predicted molar refractivity (Wildman–Crippen MR) is 89.1 cm³/mol. The summed E-state index contributed by atoms with van der Waals surface area (Å²) in [7, 11) is 0. The Labute approximate surface area is 142 Å². The summed E-state index contributed by atoms with van der Waals surface area (Å²) >= 11 is 0. The lowest BCUT2D eigenvalue weighted by atomic mass is 9.73. The highest BCUT2D eigenvalue weighted by Gasteiger charge is 2.42. The van der Waals surface area contributed by atoms with E-state index in [0.29, 0.717) is 38.5 Å². The van der Waals surface area contributed by atoms with Crippen LogP contribution in [0.25, 0.3) is 0 Å². The first-order valence-corrected chi connectivity index (χ1v) is 8.90. The number of amides is 1. The maximum atomic E-state index is 13.7. The van der Waals surface area contributed by atoms with E-state index in [4.69, 9.17) is 4.74 Å². The minimum atomic E-state index is -0.715. The van der Waals surface area contributed by atoms with Crippen molar-refractivity contribution in [2.24, 2.45) is 5.92 Å². The first-order valence-electron chi connectivity index (χ1n) is 8.90. The second-order valence-corrected chi connectivity index (χ2v) is 7.10. The van der Waals surface area contributed by atoms with Gasteiger partial charge in [-0.3, -0.25) is 4.79 Å². The lowest BCUT2D eigenvalue weighted by Gasteiger charge is -2.37. The molecular weight excluding hydrogens is 309 g/mol. The molecule has 0 radical (unpaired) electrons. The van der Waals surface area contributed by atoms with Crippen molar-refractivity contribution in [1.82, 2.24) is 5.32 Å². The van der Waals surface area contributed by atoms with E-state index in [1.54, 1.807) is 6.07 Å². The Morgan fingerprint density at radius 2 is 2.12 bits per heavy atom. The molecular formula is C19H26FNO3. The topological polar surface area (TPSA) is 58.6 Å². The second kappa shape index (κ2) is 7.62. The van der Waals surface area contributed by atoms with Gasteiger partial charge in [-0.25, -0.2) is 4.39 Å². The second-order valence-electron chi connectivity index (χ2n) is 7.10. The molecule has 3 rings (SSSR count). The molecule has 24 heavy (non-hydrogen) atoms. The average Bonchev–Trinajstić information content (AvgIpc) is 2.60. The van der Waals surface area contributed by atoms with Gasteiger partial charge < -0.3 is 15.2 Å². The number of carbonyl (C=O) groups is 1. The van der Waals surface area contributed by atoms with Crippen molar-refractivity contribution in [3.05, 3.63) is 35.6 Å². The molecule has 2 aliphatic rings. The van der Waals surface area contributed by atoms with E-state index in [2.05, 4.69) is 5.32 Å². The van der Waals surface area contributed by atoms with Gasteiger partial charge in [0.1, 0.15) is 5.82 Å². The molecule has 1 aliphatic heterocycles. The number of nitrogens with one attached hydrogen (secondary N) is 1. The first kappa shape index (κ1) is 17.4. The summed E-state index contributed by atoms with van der Waals surface area (Å²) in [6, 6.07) is 6.36. The highest BCUT2D eigenvalue weighted by atomic mass is 19.1. The number of carbonyl (C=O) groups excluding carboxylic acids is 1. The monoisotopic (exact) mass is 335 g/mol. The third-order valence-corrected chi connectivity index (χ3v) is 5.46. The van der Waals surface area contributed by atoms with E-state index in [1.807, 2.05) is 6.07 Å². The molecule has 1 saturated heterocycles. The van der Waals surface area contributed by atoms with Crippen LogP contribution < -0.4 is 5.32 Å². The molecule has 0 bridgehead atoms. The number of benzene rings is 1. The molecule has 0 spiro atoms. The SMILES string of the molecule is O=C(NCC1CCCC(O)C1)C1(c2cccc(F)c2)CCOCC1. The van der Waals surface area contributed by atoms with Crippen LogP contribution in [0.3, 0.4) is 0 Å². The van der Waals surface area contributed by atoms with E-state index < -0.39 is 5.41 Å². The lowest BCUT2D eigenvalue weighted by Crippen LogP contribution is -2.49. The molecule has 1 heterocycles. The third-order valence-electron chi connectivity index (χ3n) is 5.46. The molecule has 2 fully saturated rings. The Hall–Kier alpha value is -1.46. The van der Waals surface area contributed by atoms with Crippen LogP contribution in [0.15, 0.2) is 24.3 Å². The standard InChI is InChI=1S/C19H26FNO3/c20-16-5-2-4-15(12-16)19(7-9-24-10-8-19)18(23)21-13-14-3-1-6-17(22)11-14/h2,4-5,12,14,17,22H,1,3,6-11,13H2,(H,21,23). The van der Waals surface area contributed by atoms with Crippen molar-refractivity contribution in [1.29, 1.82) is 0 Å². The number of ether oxygens (including phenoxy) is 1. The summed E-state index contributed by atoms with van der Waals surface area (Å²) in [5.41, 5.74) is 0.0140. The summed E-state index contributed by atoms with van der Waals surface area (Å²) in [5, 5.41) is 12.9. The van der Waals surface area contributed by atoms with Crippen LogP contribution >= 0.6 is 0 Å². The fourth-order valence-electron chi connectivity index (χ4n) is 4.01. The van der Waals surface area contributed by atoms with E-state index in [0.717, 1.165) is 31.2 Å². The summed E-state index contributed by atoms with van der Waals surface area (Å²) in [6.07, 6.45) is 4.52. The number of aliphatic hydroxyl groups excluding tert-OH is 1. The van der Waals surface area contributed by atoms with Crippen molar-refractivity contribution in [2.45, 2.75) is 50.0 Å². The maximum absolute atomic E-state index is 13.7. The Morgan fingerprint density at radius 1 is 1.33 bits per heavy atom. The molecule has 4 nitrogen and oxygen atoms in total. The van der Waals surface area contributed by atoms with Crippen molar-refractivity contribution in [3.63, 3.8) is 0 Å². The van der Waals surface area contributed by atoms with Gasteiger partial charge in [0.25, 0.3) is 0 Å². The minimum Gasteiger partial charge on any atom is -0.393 e. The molecule has 1 aromatic rings. The van der Waals surface area contributed by atoms with E-state index in [-0.39, 0.29) is 17.8 Å². The van der Waals surface area contributed by atoms with Crippen LogP contribution in [0.1, 0.15) is 44.1 Å². The molecule has 1 aromatic carbocycles. The minimum absolute atomic E-state index is 0.0449. The molecule has 5 heteroatoms. The van der Waals surface area contributed by atoms with Gasteiger partial charge in [-0.15, -0.1) is 0 Å². The normalized spacial score (nSPS) is 26.8. The molecule has 2 unspecified atom stereocenters. The van der Waals surface area contributed by atoms with Gasteiger partial charge in [0.2, 0.25) is 5.91 Å². The van der Waals surface area contributed by atoms with Crippen LogP contribution in [-0.4, -0.2) is 36.9 Å². The van der Waals surface area contributed by atoms with Crippen molar-refractivity contribution in [2.75, 3.05) is 19.8 Å². The fourth-order valence-corrected chi connectivity index (χ4v) is 4.01. The summed E-state index contributed by atoms with van der Waals surface area (Å²) in [6.45, 7) is 1.59. The fraction of sp³-hybridized carbons (Fsp3) is 0.632. The third kappa shape index (κ3) is 3.78. The Bertz CT molecular complexity index is 571. The van der Waals surface area contributed by atoms with E-state index >= 15 is 0 Å². The molecule has 132 valence electrons. The van der Waals surface area contributed by atoms with Gasteiger partial charge in [0, 0.05) is 19.8 Å². The van der Waals surface area contributed by atoms with Gasteiger partial charge in [0.05, 0.1) is 11.5 Å². The molecule has 1 saturated carbocycles. The predicted octanol–water partition coefficient (Wildman–Crippen LogP) is 2.54. The van der Waals surface area contributed by atoms with Crippen molar-refractivity contribution >= 4 is 5.91 Å². The van der Waals surface area contributed by atoms with Crippen LogP contribution in [0.5, 0.6) is 0 Å². The van der Waals surface area contributed by atoms with E-state index in [9.17, 15) is 14.3 Å². The zero-order chi connectivity index (χ0) is 17.0. The molecule has 2 atom stereocenters. The van der Waals surface area contributed by atoms with Gasteiger partial charge in [-0.1, -0.05) is 18.6 Å². The van der Waals surface area contributed by atoms with Gasteiger partial charge in [0.15, 0.2) is 0 Å². The van der Waals surface area contributed by atoms with Crippen molar-refractivity contribution < 1.29 is 19.0 Å². The highest BCUT2D eigenvalue weighted by molar-refractivity contribution is 5.88. The number of halogens is 1. The quantitative estimate of drug-likeness (QED) is 0.889. The number of rotatable bonds is 4. The van der Waals surface area contributed by atoms with Crippen LogP contribution in [0.4, 0.5) is 4.39 Å². The number of aliphatic hydroxyl groups is 1. The van der Waals surface area contributed by atoms with Gasteiger partial charge >= 0.3 is 0 Å². The van der Waals surface area contributed by atoms with Crippen molar-refractivity contribution in [3.8, 4) is 0 Å². The largest absolute Gasteiger partial charge is 0.393 e. The number of hydrogen-bond acceptors (Lipinski definition) is 3. The Morgan fingerprint density at radius 3 is 2.83 bits per heavy atom. The summed E-state index contributed by atoms with van der Waals surface area (Å²) in [4.78, 5) is 13.0. The Kier molecular flexibility index (Phi) is 5.51. The summed E-state index contributed by atoms with van der Waals surface area (Å²) in [5.74, 6) is -0.0415. The molecule has 1 amide bonds. The summed E-state index contributed by atoms with van der Waals surface area (Å²) < 4.78 is 19.1. The van der Waals surface area contributed by atoms with E-state index in [1.165, 1.54) is 12.1 Å². The average molecular weight is 335 g/mol. The zero-order valence-corrected chi connectivity index (χ0v) is 14.0. The molecule has 2 N–H and O–H groups in total. The zero-order valence-electron chi connectivity index (χ0n) is 14.0. The lowest BCUT2D eigenvalue weighted by molar-refractivity contribution is -0.130. The molecule has 0 aromatic heterocycles. The number of hydrogen-bond donors (Lipinski definition) is 2.